The van der Waals surface area contributed by atoms with Crippen molar-refractivity contribution < 1.29 is 14.1 Å². The van der Waals surface area contributed by atoms with E-state index in [0.717, 1.165) is 22.3 Å². The second-order valence-electron chi connectivity index (χ2n) is 7.17. The third kappa shape index (κ3) is 4.81. The lowest BCUT2D eigenvalue weighted by Gasteiger charge is -2.12. The number of rotatable bonds is 7. The minimum absolute atomic E-state index is 0.0885. The van der Waals surface area contributed by atoms with Gasteiger partial charge in [-0.3, -0.25) is 14.8 Å². The number of carbonyl (C=O) groups is 1. The van der Waals surface area contributed by atoms with Crippen LogP contribution in [0.25, 0.3) is 10.9 Å². The van der Waals surface area contributed by atoms with Crippen molar-refractivity contribution in [2.45, 2.75) is 32.9 Å². The molecule has 0 fully saturated rings. The van der Waals surface area contributed by atoms with Crippen LogP contribution in [0.5, 0.6) is 5.75 Å². The number of pyridine rings is 2. The third-order valence-corrected chi connectivity index (χ3v) is 4.59. The van der Waals surface area contributed by atoms with E-state index < -0.39 is 0 Å². The van der Waals surface area contributed by atoms with Crippen LogP contribution in [0.1, 0.15) is 34.6 Å². The Morgan fingerprint density at radius 1 is 1.17 bits per heavy atom. The lowest BCUT2D eigenvalue weighted by molar-refractivity contribution is 0.0930. The Morgan fingerprint density at radius 2 is 2.07 bits per heavy atom. The molecule has 4 aromatic rings. The van der Waals surface area contributed by atoms with Gasteiger partial charge >= 0.3 is 0 Å². The summed E-state index contributed by atoms with van der Waals surface area (Å²) >= 11 is 0. The molecule has 0 saturated carbocycles. The van der Waals surface area contributed by atoms with Crippen LogP contribution < -0.4 is 10.1 Å². The Morgan fingerprint density at radius 3 is 2.93 bits per heavy atom. The number of hydrogen-bond donors (Lipinski definition) is 1. The number of benzene rings is 1. The zero-order valence-electron chi connectivity index (χ0n) is 16.8. The number of aromatic nitrogens is 3. The molecular weight excluding hydrogens is 380 g/mol. The van der Waals surface area contributed by atoms with E-state index >= 15 is 0 Å². The number of carbonyl (C=O) groups excluding carboxylic acids is 1. The van der Waals surface area contributed by atoms with Gasteiger partial charge in [-0.05, 0) is 50.2 Å². The van der Waals surface area contributed by atoms with Crippen LogP contribution in [0.4, 0.5) is 0 Å². The van der Waals surface area contributed by atoms with Gasteiger partial charge in [-0.15, -0.1) is 0 Å². The van der Waals surface area contributed by atoms with Gasteiger partial charge in [0.05, 0.1) is 5.52 Å². The molecule has 1 atom stereocenters. The van der Waals surface area contributed by atoms with E-state index in [1.807, 2.05) is 62.4 Å². The Labute approximate surface area is 174 Å². The average molecular weight is 402 g/mol. The van der Waals surface area contributed by atoms with E-state index in [-0.39, 0.29) is 24.2 Å². The van der Waals surface area contributed by atoms with Crippen LogP contribution >= 0.6 is 0 Å². The Hall–Kier alpha value is -3.74. The molecule has 0 unspecified atom stereocenters. The van der Waals surface area contributed by atoms with E-state index in [4.69, 9.17) is 9.26 Å². The molecule has 3 heterocycles. The quantitative estimate of drug-likeness (QED) is 0.505. The molecule has 0 bridgehead atoms. The lowest BCUT2D eigenvalue weighted by Crippen LogP contribution is -2.34. The first-order valence-corrected chi connectivity index (χ1v) is 9.73. The number of nitrogens with one attached hydrogen (secondary N) is 1. The maximum absolute atomic E-state index is 12.4. The number of nitrogens with zero attached hydrogens (tertiary/aromatic N) is 3. The summed E-state index contributed by atoms with van der Waals surface area (Å²) in [5, 5.41) is 7.77. The summed E-state index contributed by atoms with van der Waals surface area (Å²) in [7, 11) is 0. The predicted molar refractivity (Wildman–Crippen MR) is 112 cm³/mol. The molecule has 3 aromatic heterocycles. The summed E-state index contributed by atoms with van der Waals surface area (Å²) < 4.78 is 11.0. The standard InChI is InChI=1S/C23H22N4O3/c1-15-5-3-7-18(25-15)11-16(2)26-23(28)22-13-20(30-27-22)14-29-19-8-9-21-17(12-19)6-4-10-24-21/h3-10,12-13,16H,11,14H2,1-2H3,(H,26,28)/t16-/m0/s1. The van der Waals surface area contributed by atoms with Crippen molar-refractivity contribution >= 4 is 16.8 Å². The molecule has 1 amide bonds. The summed E-state index contributed by atoms with van der Waals surface area (Å²) in [4.78, 5) is 21.2. The van der Waals surface area contributed by atoms with Gasteiger partial charge < -0.3 is 14.6 Å². The zero-order valence-corrected chi connectivity index (χ0v) is 16.8. The molecular formula is C23H22N4O3. The van der Waals surface area contributed by atoms with Gasteiger partial charge in [-0.1, -0.05) is 17.3 Å². The second kappa shape index (κ2) is 8.73. The lowest BCUT2D eigenvalue weighted by atomic mass is 10.1. The SMILES string of the molecule is Cc1cccc(C[C@H](C)NC(=O)c2cc(COc3ccc4ncccc4c3)on2)n1. The summed E-state index contributed by atoms with van der Waals surface area (Å²) in [5.74, 6) is 0.874. The molecule has 0 aliphatic rings. The van der Waals surface area contributed by atoms with Crippen LogP contribution in [0.2, 0.25) is 0 Å². The van der Waals surface area contributed by atoms with Crippen molar-refractivity contribution in [1.82, 2.24) is 20.4 Å². The smallest absolute Gasteiger partial charge is 0.273 e. The third-order valence-electron chi connectivity index (χ3n) is 4.59. The number of ether oxygens (including phenoxy) is 1. The van der Waals surface area contributed by atoms with E-state index in [0.29, 0.717) is 17.9 Å². The molecule has 0 radical (unpaired) electrons. The van der Waals surface area contributed by atoms with Crippen molar-refractivity contribution in [3.63, 3.8) is 0 Å². The molecule has 1 aromatic carbocycles. The van der Waals surface area contributed by atoms with Crippen LogP contribution in [0.15, 0.2) is 65.3 Å². The minimum Gasteiger partial charge on any atom is -0.486 e. The van der Waals surface area contributed by atoms with Crippen molar-refractivity contribution in [3.05, 3.63) is 83.6 Å². The largest absolute Gasteiger partial charge is 0.486 e. The minimum atomic E-state index is -0.290. The topological polar surface area (TPSA) is 90.1 Å². The highest BCUT2D eigenvalue weighted by Gasteiger charge is 2.16. The number of fused-ring (bicyclic) bond motifs is 1. The summed E-state index contributed by atoms with van der Waals surface area (Å²) in [5.41, 5.74) is 3.01. The molecule has 0 aliphatic heterocycles. The predicted octanol–water partition coefficient (Wildman–Crippen LogP) is 3.87. The molecule has 4 rings (SSSR count). The molecule has 0 spiro atoms. The van der Waals surface area contributed by atoms with E-state index in [9.17, 15) is 4.79 Å². The summed E-state index contributed by atoms with van der Waals surface area (Å²) in [6, 6.07) is 16.9. The fourth-order valence-electron chi connectivity index (χ4n) is 3.16. The van der Waals surface area contributed by atoms with Gasteiger partial charge in [0.15, 0.2) is 11.5 Å². The van der Waals surface area contributed by atoms with Crippen molar-refractivity contribution in [1.29, 1.82) is 0 Å². The first kappa shape index (κ1) is 19.6. The van der Waals surface area contributed by atoms with Crippen molar-refractivity contribution in [3.8, 4) is 5.75 Å². The second-order valence-corrected chi connectivity index (χ2v) is 7.17. The molecule has 0 saturated heterocycles. The molecule has 7 nitrogen and oxygen atoms in total. The van der Waals surface area contributed by atoms with Crippen LogP contribution in [-0.2, 0) is 13.0 Å². The zero-order chi connectivity index (χ0) is 20.9. The van der Waals surface area contributed by atoms with Crippen LogP contribution in [-0.4, -0.2) is 27.1 Å². The first-order valence-electron chi connectivity index (χ1n) is 9.73. The van der Waals surface area contributed by atoms with Gasteiger partial charge in [-0.2, -0.15) is 0 Å². The molecule has 152 valence electrons. The fourth-order valence-corrected chi connectivity index (χ4v) is 3.16. The highest BCUT2D eigenvalue weighted by molar-refractivity contribution is 5.92. The van der Waals surface area contributed by atoms with Gasteiger partial charge in [0, 0.05) is 41.5 Å². The Kier molecular flexibility index (Phi) is 5.70. The Balaban J connectivity index is 1.33. The first-order chi connectivity index (χ1) is 14.6. The molecule has 30 heavy (non-hydrogen) atoms. The van der Waals surface area contributed by atoms with Gasteiger partial charge in [-0.25, -0.2) is 0 Å². The van der Waals surface area contributed by atoms with E-state index in [2.05, 4.69) is 20.4 Å². The number of aryl methyl sites for hydroxylation is 1. The molecule has 0 aliphatic carbocycles. The molecule has 1 N–H and O–H groups in total. The highest BCUT2D eigenvalue weighted by Crippen LogP contribution is 2.20. The van der Waals surface area contributed by atoms with Crippen LogP contribution in [0, 0.1) is 6.92 Å². The van der Waals surface area contributed by atoms with Gasteiger partial charge in [0.25, 0.3) is 5.91 Å². The van der Waals surface area contributed by atoms with Gasteiger partial charge in [0.1, 0.15) is 12.4 Å². The van der Waals surface area contributed by atoms with Crippen molar-refractivity contribution in [2.75, 3.05) is 0 Å². The maximum atomic E-state index is 12.4. The van der Waals surface area contributed by atoms with Crippen molar-refractivity contribution in [2.24, 2.45) is 0 Å². The number of amides is 1. The van der Waals surface area contributed by atoms with Gasteiger partial charge in [0.2, 0.25) is 0 Å². The van der Waals surface area contributed by atoms with E-state index in [1.54, 1.807) is 12.3 Å². The monoisotopic (exact) mass is 402 g/mol. The number of hydrogen-bond acceptors (Lipinski definition) is 6. The van der Waals surface area contributed by atoms with Crippen LogP contribution in [0.3, 0.4) is 0 Å². The fraction of sp³-hybridized carbons (Fsp3) is 0.217. The van der Waals surface area contributed by atoms with E-state index in [1.165, 1.54) is 0 Å². The highest BCUT2D eigenvalue weighted by atomic mass is 16.5. The molecule has 7 heteroatoms. The normalized spacial score (nSPS) is 11.9. The average Bonchev–Trinajstić information content (AvgIpc) is 3.21. The Bertz CT molecular complexity index is 1170. The maximum Gasteiger partial charge on any atom is 0.273 e. The summed E-state index contributed by atoms with van der Waals surface area (Å²) in [6.07, 6.45) is 2.39. The summed E-state index contributed by atoms with van der Waals surface area (Å²) in [6.45, 7) is 4.05.